The maximum Gasteiger partial charge on any atom is 0.251 e. The van der Waals surface area contributed by atoms with Gasteiger partial charge in [0.2, 0.25) is 10.0 Å². The highest BCUT2D eigenvalue weighted by molar-refractivity contribution is 7.89. The van der Waals surface area contributed by atoms with E-state index < -0.39 is 10.0 Å². The second kappa shape index (κ2) is 8.91. The van der Waals surface area contributed by atoms with E-state index in [1.165, 1.54) is 31.3 Å². The predicted molar refractivity (Wildman–Crippen MR) is 80.6 cm³/mol. The molecule has 8 heteroatoms. The highest BCUT2D eigenvalue weighted by atomic mass is 35.5. The zero-order valence-corrected chi connectivity index (χ0v) is 12.9. The average Bonchev–Trinajstić information content (AvgIpc) is 2.43. The molecule has 0 fully saturated rings. The molecule has 0 unspecified atom stereocenters. The Bertz CT molecular complexity index is 517. The number of unbranched alkanes of at least 4 members (excludes halogenated alkanes) is 1. The minimum Gasteiger partial charge on any atom is -0.355 e. The Morgan fingerprint density at radius 2 is 1.80 bits per heavy atom. The number of rotatable bonds is 7. The molecule has 4 N–H and O–H groups in total. The van der Waals surface area contributed by atoms with Gasteiger partial charge in [0.25, 0.3) is 5.91 Å². The third-order valence-corrected chi connectivity index (χ3v) is 4.05. The van der Waals surface area contributed by atoms with Gasteiger partial charge in [-0.2, -0.15) is 0 Å². The van der Waals surface area contributed by atoms with Crippen molar-refractivity contribution >= 4 is 28.3 Å². The molecular formula is C12H20ClN3O3S. The van der Waals surface area contributed by atoms with Crippen molar-refractivity contribution < 1.29 is 13.2 Å². The predicted octanol–water partition coefficient (Wildman–Crippen LogP) is 0.485. The van der Waals surface area contributed by atoms with E-state index in [4.69, 9.17) is 5.73 Å². The molecular weight excluding hydrogens is 302 g/mol. The van der Waals surface area contributed by atoms with Gasteiger partial charge in [-0.15, -0.1) is 12.4 Å². The van der Waals surface area contributed by atoms with E-state index in [1.807, 2.05) is 0 Å². The topological polar surface area (TPSA) is 101 Å². The number of hydrogen-bond acceptors (Lipinski definition) is 4. The quantitative estimate of drug-likeness (QED) is 0.636. The number of halogens is 1. The van der Waals surface area contributed by atoms with Gasteiger partial charge in [-0.25, -0.2) is 13.1 Å². The van der Waals surface area contributed by atoms with E-state index >= 15 is 0 Å². The summed E-state index contributed by atoms with van der Waals surface area (Å²) in [6, 6.07) is 5.78. The van der Waals surface area contributed by atoms with Gasteiger partial charge in [0.1, 0.15) is 0 Å². The molecule has 0 saturated heterocycles. The van der Waals surface area contributed by atoms with Crippen LogP contribution in [0.15, 0.2) is 29.2 Å². The summed E-state index contributed by atoms with van der Waals surface area (Å²) in [5, 5.41) is 2.47. The molecule has 0 aliphatic carbocycles. The molecule has 0 bridgehead atoms. The van der Waals surface area contributed by atoms with Crippen molar-refractivity contribution in [3.63, 3.8) is 0 Å². The Balaban J connectivity index is 0.00000361. The van der Waals surface area contributed by atoms with Crippen LogP contribution in [0, 0.1) is 0 Å². The Morgan fingerprint density at radius 3 is 2.30 bits per heavy atom. The molecule has 0 spiro atoms. The lowest BCUT2D eigenvalue weighted by Crippen LogP contribution is -2.25. The van der Waals surface area contributed by atoms with Crippen molar-refractivity contribution in [2.45, 2.75) is 17.7 Å². The molecule has 1 aromatic rings. The molecule has 0 atom stereocenters. The third kappa shape index (κ3) is 5.46. The first kappa shape index (κ1) is 18.9. The van der Waals surface area contributed by atoms with Crippen LogP contribution in [0.1, 0.15) is 23.2 Å². The number of nitrogens with one attached hydrogen (secondary N) is 2. The van der Waals surface area contributed by atoms with Crippen LogP contribution in [-0.4, -0.2) is 34.5 Å². The van der Waals surface area contributed by atoms with Gasteiger partial charge in [0.05, 0.1) is 4.90 Å². The first-order valence-electron chi connectivity index (χ1n) is 6.03. The van der Waals surface area contributed by atoms with Crippen molar-refractivity contribution in [2.24, 2.45) is 5.73 Å². The lowest BCUT2D eigenvalue weighted by Gasteiger charge is -2.07. The van der Waals surface area contributed by atoms with Gasteiger partial charge in [-0.05, 0) is 43.7 Å². The van der Waals surface area contributed by atoms with Crippen LogP contribution in [-0.2, 0) is 10.0 Å². The van der Waals surface area contributed by atoms with Crippen molar-refractivity contribution in [1.82, 2.24) is 10.0 Å². The molecule has 114 valence electrons. The van der Waals surface area contributed by atoms with Crippen molar-refractivity contribution in [3.8, 4) is 0 Å². The maximum absolute atomic E-state index is 11.9. The summed E-state index contributed by atoms with van der Waals surface area (Å²) in [4.78, 5) is 11.5. The fraction of sp³-hybridized carbons (Fsp3) is 0.417. The highest BCUT2D eigenvalue weighted by Crippen LogP contribution is 2.10. The van der Waals surface area contributed by atoms with Crippen LogP contribution in [0.3, 0.4) is 0 Å². The summed E-state index contributed by atoms with van der Waals surface area (Å²) in [5.41, 5.74) is 5.75. The van der Waals surface area contributed by atoms with Crippen LogP contribution >= 0.6 is 12.4 Å². The zero-order chi connectivity index (χ0) is 14.3. The van der Waals surface area contributed by atoms with Gasteiger partial charge < -0.3 is 11.1 Å². The van der Waals surface area contributed by atoms with E-state index in [2.05, 4.69) is 10.0 Å². The zero-order valence-electron chi connectivity index (χ0n) is 11.3. The van der Waals surface area contributed by atoms with Crippen LogP contribution in [0.2, 0.25) is 0 Å². The molecule has 1 amide bonds. The largest absolute Gasteiger partial charge is 0.355 e. The summed E-state index contributed by atoms with van der Waals surface area (Å²) in [6.07, 6.45) is 1.48. The Kier molecular flexibility index (Phi) is 8.40. The smallest absolute Gasteiger partial charge is 0.251 e. The van der Waals surface area contributed by atoms with E-state index in [9.17, 15) is 13.2 Å². The SMILES string of the molecule is CNC(=O)c1ccc(S(=O)(=O)NCCCCN)cc1.Cl. The standard InChI is InChI=1S/C12H19N3O3S.ClH/c1-14-12(16)10-4-6-11(7-5-10)19(17,18)15-9-3-2-8-13;/h4-7,15H,2-3,8-9,13H2,1H3,(H,14,16);1H. The summed E-state index contributed by atoms with van der Waals surface area (Å²) in [6.45, 7) is 0.902. The summed E-state index contributed by atoms with van der Waals surface area (Å²) < 4.78 is 26.3. The lowest BCUT2D eigenvalue weighted by molar-refractivity contribution is 0.0963. The van der Waals surface area contributed by atoms with Crippen molar-refractivity contribution in [2.75, 3.05) is 20.1 Å². The first-order chi connectivity index (χ1) is 9.01. The molecule has 1 aromatic carbocycles. The van der Waals surface area contributed by atoms with Crippen LogP contribution in [0.5, 0.6) is 0 Å². The molecule has 0 aliphatic rings. The Morgan fingerprint density at radius 1 is 1.20 bits per heavy atom. The van der Waals surface area contributed by atoms with Crippen LogP contribution in [0.4, 0.5) is 0 Å². The van der Waals surface area contributed by atoms with E-state index in [-0.39, 0.29) is 23.2 Å². The van der Waals surface area contributed by atoms with Gasteiger partial charge in [0.15, 0.2) is 0 Å². The molecule has 1 rings (SSSR count). The third-order valence-electron chi connectivity index (χ3n) is 2.58. The van der Waals surface area contributed by atoms with Gasteiger partial charge in [-0.3, -0.25) is 4.79 Å². The van der Waals surface area contributed by atoms with E-state index in [0.717, 1.165) is 6.42 Å². The fourth-order valence-electron chi connectivity index (χ4n) is 1.49. The average molecular weight is 322 g/mol. The number of sulfonamides is 1. The summed E-state index contributed by atoms with van der Waals surface area (Å²) >= 11 is 0. The molecule has 0 saturated carbocycles. The molecule has 6 nitrogen and oxygen atoms in total. The normalized spacial score (nSPS) is 10.7. The molecule has 0 radical (unpaired) electrons. The number of carbonyl (C=O) groups is 1. The first-order valence-corrected chi connectivity index (χ1v) is 7.51. The summed E-state index contributed by atoms with van der Waals surface area (Å²) in [5.74, 6) is -0.250. The van der Waals surface area contributed by atoms with E-state index in [0.29, 0.717) is 25.1 Å². The minimum atomic E-state index is -3.51. The van der Waals surface area contributed by atoms with Crippen molar-refractivity contribution in [3.05, 3.63) is 29.8 Å². The van der Waals surface area contributed by atoms with Gasteiger partial charge in [-0.1, -0.05) is 0 Å². The van der Waals surface area contributed by atoms with Gasteiger partial charge >= 0.3 is 0 Å². The lowest BCUT2D eigenvalue weighted by atomic mass is 10.2. The Labute approximate surface area is 125 Å². The number of nitrogens with two attached hydrogens (primary N) is 1. The molecule has 0 heterocycles. The second-order valence-corrected chi connectivity index (χ2v) is 5.76. The van der Waals surface area contributed by atoms with Crippen molar-refractivity contribution in [1.29, 1.82) is 0 Å². The molecule has 0 aliphatic heterocycles. The number of benzene rings is 1. The van der Waals surface area contributed by atoms with Gasteiger partial charge in [0, 0.05) is 19.2 Å². The highest BCUT2D eigenvalue weighted by Gasteiger charge is 2.13. The van der Waals surface area contributed by atoms with Crippen LogP contribution < -0.4 is 15.8 Å². The molecule has 20 heavy (non-hydrogen) atoms. The fourth-order valence-corrected chi connectivity index (χ4v) is 2.56. The number of amides is 1. The second-order valence-electron chi connectivity index (χ2n) is 4.00. The van der Waals surface area contributed by atoms with Crippen LogP contribution in [0.25, 0.3) is 0 Å². The Hall–Kier alpha value is -1.15. The monoisotopic (exact) mass is 321 g/mol. The number of carbonyl (C=O) groups excluding carboxylic acids is 1. The maximum atomic E-state index is 11.9. The van der Waals surface area contributed by atoms with E-state index in [1.54, 1.807) is 0 Å². The minimum absolute atomic E-state index is 0. The molecule has 0 aromatic heterocycles. The summed E-state index contributed by atoms with van der Waals surface area (Å²) in [7, 11) is -1.99. The number of hydrogen-bond donors (Lipinski definition) is 3.